The molecule has 3 aromatic rings. The Balaban J connectivity index is 1.71. The maximum atomic E-state index is 14.1. The van der Waals surface area contributed by atoms with Crippen LogP contribution in [0.5, 0.6) is 5.75 Å². The third-order valence-corrected chi connectivity index (χ3v) is 10.00. The Morgan fingerprint density at radius 1 is 0.976 bits per heavy atom. The van der Waals surface area contributed by atoms with Crippen molar-refractivity contribution >= 4 is 50.7 Å². The Morgan fingerprint density at radius 2 is 1.67 bits per heavy atom. The SMILES string of the molecule is COc1cccc(CN(C(=O)CN(c2cccc(Cl)c2Cl)S(=O)(=O)c2ccccc2)[C@H](C)C(=O)NC2CCCCC2)c1. The number of hydrogen-bond acceptors (Lipinski definition) is 5. The fourth-order valence-corrected chi connectivity index (χ4v) is 6.93. The molecular formula is C31H35Cl2N3O5S. The van der Waals surface area contributed by atoms with E-state index in [-0.39, 0.29) is 39.1 Å². The average molecular weight is 633 g/mol. The van der Waals surface area contributed by atoms with Crippen molar-refractivity contribution in [3.63, 3.8) is 0 Å². The third-order valence-electron chi connectivity index (χ3n) is 7.42. The highest BCUT2D eigenvalue weighted by atomic mass is 35.5. The zero-order valence-electron chi connectivity index (χ0n) is 23.6. The minimum atomic E-state index is -4.25. The maximum absolute atomic E-state index is 14.1. The highest BCUT2D eigenvalue weighted by molar-refractivity contribution is 7.92. The number of carbonyl (C=O) groups is 2. The first-order valence-electron chi connectivity index (χ1n) is 13.9. The van der Waals surface area contributed by atoms with E-state index in [9.17, 15) is 18.0 Å². The molecule has 11 heteroatoms. The van der Waals surface area contributed by atoms with E-state index < -0.39 is 28.5 Å². The van der Waals surface area contributed by atoms with Crippen LogP contribution in [0.4, 0.5) is 5.69 Å². The summed E-state index contributed by atoms with van der Waals surface area (Å²) >= 11 is 12.7. The van der Waals surface area contributed by atoms with Gasteiger partial charge in [0.05, 0.1) is 27.7 Å². The zero-order chi connectivity index (χ0) is 30.3. The van der Waals surface area contributed by atoms with Crippen molar-refractivity contribution in [1.29, 1.82) is 0 Å². The second-order valence-corrected chi connectivity index (χ2v) is 12.9. The van der Waals surface area contributed by atoms with E-state index >= 15 is 0 Å². The predicted molar refractivity (Wildman–Crippen MR) is 165 cm³/mol. The van der Waals surface area contributed by atoms with E-state index in [2.05, 4.69) is 5.32 Å². The molecule has 1 aliphatic rings. The summed E-state index contributed by atoms with van der Waals surface area (Å²) in [6.45, 7) is 1.10. The lowest BCUT2D eigenvalue weighted by atomic mass is 9.95. The first-order valence-corrected chi connectivity index (χ1v) is 16.1. The monoisotopic (exact) mass is 631 g/mol. The first-order chi connectivity index (χ1) is 20.1. The van der Waals surface area contributed by atoms with Crippen LogP contribution >= 0.6 is 23.2 Å². The van der Waals surface area contributed by atoms with Gasteiger partial charge in [0.15, 0.2) is 0 Å². The summed E-state index contributed by atoms with van der Waals surface area (Å²) in [5, 5.41) is 3.23. The molecule has 0 radical (unpaired) electrons. The Labute approximate surface area is 257 Å². The van der Waals surface area contributed by atoms with Gasteiger partial charge in [-0.05, 0) is 61.7 Å². The second-order valence-electron chi connectivity index (χ2n) is 10.3. The second kappa shape index (κ2) is 14.3. The molecule has 0 saturated heterocycles. The van der Waals surface area contributed by atoms with Crippen LogP contribution in [0.15, 0.2) is 77.7 Å². The van der Waals surface area contributed by atoms with Crippen molar-refractivity contribution in [2.24, 2.45) is 0 Å². The molecule has 224 valence electrons. The van der Waals surface area contributed by atoms with Crippen molar-refractivity contribution in [2.45, 2.75) is 62.6 Å². The van der Waals surface area contributed by atoms with Crippen LogP contribution in [0.2, 0.25) is 10.0 Å². The number of nitrogens with one attached hydrogen (secondary N) is 1. The van der Waals surface area contributed by atoms with Crippen LogP contribution in [0.25, 0.3) is 0 Å². The van der Waals surface area contributed by atoms with Gasteiger partial charge >= 0.3 is 0 Å². The number of anilines is 1. The Bertz CT molecular complexity index is 1500. The fourth-order valence-electron chi connectivity index (χ4n) is 5.04. The Morgan fingerprint density at radius 3 is 2.36 bits per heavy atom. The predicted octanol–water partition coefficient (Wildman–Crippen LogP) is 6.06. The van der Waals surface area contributed by atoms with Gasteiger partial charge in [-0.1, -0.05) is 78.9 Å². The molecule has 1 atom stereocenters. The van der Waals surface area contributed by atoms with Gasteiger partial charge in [0.2, 0.25) is 11.8 Å². The Hall–Kier alpha value is -3.27. The number of rotatable bonds is 11. The zero-order valence-corrected chi connectivity index (χ0v) is 26.0. The van der Waals surface area contributed by atoms with Crippen LogP contribution in [-0.4, -0.2) is 50.9 Å². The maximum Gasteiger partial charge on any atom is 0.264 e. The summed E-state index contributed by atoms with van der Waals surface area (Å²) in [7, 11) is -2.71. The lowest BCUT2D eigenvalue weighted by Gasteiger charge is -2.33. The average Bonchev–Trinajstić information content (AvgIpc) is 3.00. The summed E-state index contributed by atoms with van der Waals surface area (Å²) in [4.78, 5) is 28.9. The lowest BCUT2D eigenvalue weighted by molar-refractivity contribution is -0.139. The van der Waals surface area contributed by atoms with Crippen molar-refractivity contribution in [1.82, 2.24) is 10.2 Å². The molecule has 42 heavy (non-hydrogen) atoms. The summed E-state index contributed by atoms with van der Waals surface area (Å²) < 4.78 is 34.1. The molecule has 1 N–H and O–H groups in total. The molecule has 0 aliphatic heterocycles. The number of carbonyl (C=O) groups excluding carboxylic acids is 2. The highest BCUT2D eigenvalue weighted by Gasteiger charge is 2.34. The number of benzene rings is 3. The number of sulfonamides is 1. The van der Waals surface area contributed by atoms with Gasteiger partial charge in [0.25, 0.3) is 10.0 Å². The summed E-state index contributed by atoms with van der Waals surface area (Å²) in [6.07, 6.45) is 4.99. The largest absolute Gasteiger partial charge is 0.497 e. The van der Waals surface area contributed by atoms with Crippen molar-refractivity contribution in [3.05, 3.63) is 88.4 Å². The van der Waals surface area contributed by atoms with E-state index in [1.807, 2.05) is 6.07 Å². The van der Waals surface area contributed by atoms with Crippen molar-refractivity contribution in [3.8, 4) is 5.75 Å². The molecule has 1 saturated carbocycles. The standard InChI is InChI=1S/C31H35Cl2N3O5S/c1-22(31(38)34-24-12-5-3-6-13-24)35(20-23-11-9-14-25(19-23)41-2)29(37)21-36(28-18-10-17-27(32)30(28)33)42(39,40)26-15-7-4-8-16-26/h4,7-11,14-19,22,24H,3,5-6,12-13,20-21H2,1-2H3,(H,34,38)/t22-/m1/s1. The topological polar surface area (TPSA) is 96.0 Å². The molecule has 0 bridgehead atoms. The van der Waals surface area contributed by atoms with Gasteiger partial charge < -0.3 is 15.0 Å². The van der Waals surface area contributed by atoms with Gasteiger partial charge in [0.1, 0.15) is 18.3 Å². The van der Waals surface area contributed by atoms with E-state index in [4.69, 9.17) is 27.9 Å². The van der Waals surface area contributed by atoms with Crippen molar-refractivity contribution < 1.29 is 22.7 Å². The molecule has 0 aromatic heterocycles. The quantitative estimate of drug-likeness (QED) is 0.277. The number of ether oxygens (including phenoxy) is 1. The van der Waals surface area contributed by atoms with Gasteiger partial charge in [-0.3, -0.25) is 13.9 Å². The molecule has 2 amide bonds. The van der Waals surface area contributed by atoms with Crippen LogP contribution in [0, 0.1) is 0 Å². The molecular weight excluding hydrogens is 597 g/mol. The number of halogens is 2. The highest BCUT2D eigenvalue weighted by Crippen LogP contribution is 2.35. The minimum absolute atomic E-state index is 0.00564. The first kappa shape index (κ1) is 31.7. The summed E-state index contributed by atoms with van der Waals surface area (Å²) in [6, 6.07) is 18.7. The van der Waals surface area contributed by atoms with Gasteiger partial charge in [0, 0.05) is 12.6 Å². The molecule has 0 unspecified atom stereocenters. The van der Waals surface area contributed by atoms with Crippen LogP contribution in [0.3, 0.4) is 0 Å². The Kier molecular flexibility index (Phi) is 10.8. The summed E-state index contributed by atoms with van der Waals surface area (Å²) in [5.74, 6) is -0.283. The number of hydrogen-bond donors (Lipinski definition) is 1. The van der Waals surface area contributed by atoms with Gasteiger partial charge in [-0.15, -0.1) is 0 Å². The number of amides is 2. The van der Waals surface area contributed by atoms with E-state index in [1.54, 1.807) is 56.5 Å². The van der Waals surface area contributed by atoms with E-state index in [1.165, 1.54) is 29.2 Å². The third kappa shape index (κ3) is 7.56. The number of nitrogens with zero attached hydrogens (tertiary/aromatic N) is 2. The molecule has 3 aromatic carbocycles. The summed E-state index contributed by atoms with van der Waals surface area (Å²) in [5.41, 5.74) is 0.778. The number of methoxy groups -OCH3 is 1. The van der Waals surface area contributed by atoms with E-state index in [0.29, 0.717) is 5.75 Å². The lowest BCUT2D eigenvalue weighted by Crippen LogP contribution is -2.53. The van der Waals surface area contributed by atoms with Gasteiger partial charge in [-0.2, -0.15) is 0 Å². The molecule has 8 nitrogen and oxygen atoms in total. The van der Waals surface area contributed by atoms with E-state index in [0.717, 1.165) is 42.0 Å². The molecule has 0 heterocycles. The van der Waals surface area contributed by atoms with Crippen molar-refractivity contribution in [2.75, 3.05) is 18.0 Å². The fraction of sp³-hybridized carbons (Fsp3) is 0.355. The minimum Gasteiger partial charge on any atom is -0.497 e. The van der Waals surface area contributed by atoms with Crippen LogP contribution in [-0.2, 0) is 26.2 Å². The van der Waals surface area contributed by atoms with Gasteiger partial charge in [-0.25, -0.2) is 8.42 Å². The molecule has 0 spiro atoms. The van der Waals surface area contributed by atoms with Crippen LogP contribution in [0.1, 0.15) is 44.6 Å². The molecule has 1 fully saturated rings. The van der Waals surface area contributed by atoms with Crippen LogP contribution < -0.4 is 14.4 Å². The molecule has 1 aliphatic carbocycles. The molecule has 4 rings (SSSR count). The normalized spacial score (nSPS) is 14.6. The smallest absolute Gasteiger partial charge is 0.264 e.